The molecule has 0 radical (unpaired) electrons. The lowest BCUT2D eigenvalue weighted by Crippen LogP contribution is -2.38. The van der Waals surface area contributed by atoms with Gasteiger partial charge < -0.3 is 14.0 Å². The van der Waals surface area contributed by atoms with Crippen LogP contribution >= 0.6 is 11.3 Å². The third-order valence-corrected chi connectivity index (χ3v) is 5.54. The van der Waals surface area contributed by atoms with Crippen molar-refractivity contribution in [3.05, 3.63) is 47.1 Å². The maximum atomic E-state index is 12.7. The molecule has 24 heavy (non-hydrogen) atoms. The van der Waals surface area contributed by atoms with Crippen LogP contribution in [0.15, 0.2) is 34.3 Å². The van der Waals surface area contributed by atoms with Crippen LogP contribution in [-0.2, 0) is 13.1 Å². The minimum Gasteiger partial charge on any atom is -0.360 e. The van der Waals surface area contributed by atoms with Gasteiger partial charge in [-0.1, -0.05) is 11.2 Å². The highest BCUT2D eigenvalue weighted by Crippen LogP contribution is 2.40. The summed E-state index contributed by atoms with van der Waals surface area (Å²) in [6.07, 6.45) is 4.17. The fourth-order valence-electron chi connectivity index (χ4n) is 3.17. The molecule has 3 aromatic heterocycles. The molecule has 1 aliphatic heterocycles. The highest BCUT2D eigenvalue weighted by Gasteiger charge is 2.31. The molecule has 0 unspecified atom stereocenters. The predicted molar refractivity (Wildman–Crippen MR) is 88.8 cm³/mol. The molecule has 0 spiro atoms. The Morgan fingerprint density at radius 1 is 1.33 bits per heavy atom. The van der Waals surface area contributed by atoms with Crippen molar-refractivity contribution in [2.75, 3.05) is 6.54 Å². The van der Waals surface area contributed by atoms with Gasteiger partial charge in [0, 0.05) is 25.1 Å². The molecule has 0 aromatic carbocycles. The second kappa shape index (κ2) is 5.31. The van der Waals surface area contributed by atoms with Crippen LogP contribution in [0.4, 0.5) is 0 Å². The Labute approximate surface area is 142 Å². The van der Waals surface area contributed by atoms with E-state index in [0.717, 1.165) is 36.7 Å². The zero-order chi connectivity index (χ0) is 16.1. The Morgan fingerprint density at radius 2 is 2.25 bits per heavy atom. The van der Waals surface area contributed by atoms with Gasteiger partial charge in [0.05, 0.1) is 23.3 Å². The molecule has 1 amide bonds. The molecule has 7 heteroatoms. The molecule has 0 atom stereocenters. The Kier molecular flexibility index (Phi) is 3.09. The summed E-state index contributed by atoms with van der Waals surface area (Å²) in [6.45, 7) is 1.92. The first kappa shape index (κ1) is 14.0. The number of fused-ring (bicyclic) bond motifs is 1. The van der Waals surface area contributed by atoms with Crippen molar-refractivity contribution in [1.29, 1.82) is 0 Å². The topological polar surface area (TPSA) is 64.2 Å². The lowest BCUT2D eigenvalue weighted by Gasteiger charge is -2.27. The molecule has 1 saturated carbocycles. The Morgan fingerprint density at radius 3 is 3.04 bits per heavy atom. The first-order valence-electron chi connectivity index (χ1n) is 8.14. The van der Waals surface area contributed by atoms with Crippen molar-refractivity contribution in [3.8, 4) is 10.6 Å². The number of imidazole rings is 1. The van der Waals surface area contributed by atoms with E-state index in [-0.39, 0.29) is 5.91 Å². The van der Waals surface area contributed by atoms with E-state index in [1.165, 1.54) is 4.88 Å². The molecular weight excluding hydrogens is 324 g/mol. The first-order chi connectivity index (χ1) is 11.8. The molecule has 0 saturated heterocycles. The monoisotopic (exact) mass is 340 g/mol. The normalized spacial score (nSPS) is 17.1. The summed E-state index contributed by atoms with van der Waals surface area (Å²) in [5.74, 6) is 2.16. The number of carbonyl (C=O) groups excluding carboxylic acids is 1. The van der Waals surface area contributed by atoms with Crippen LogP contribution in [0.25, 0.3) is 10.6 Å². The highest BCUT2D eigenvalue weighted by molar-refractivity contribution is 7.13. The molecule has 3 aromatic rings. The summed E-state index contributed by atoms with van der Waals surface area (Å²) in [5.41, 5.74) is 1.54. The average Bonchev–Trinajstić information content (AvgIpc) is 3.06. The number of amides is 1. The molecule has 2 aliphatic rings. The van der Waals surface area contributed by atoms with E-state index < -0.39 is 0 Å². The second-order valence-corrected chi connectivity index (χ2v) is 7.25. The van der Waals surface area contributed by atoms with E-state index in [4.69, 9.17) is 4.52 Å². The van der Waals surface area contributed by atoms with Crippen LogP contribution in [0, 0.1) is 0 Å². The Balaban J connectivity index is 1.37. The molecule has 1 fully saturated rings. The number of nitrogens with zero attached hydrogens (tertiary/aromatic N) is 4. The molecule has 1 aliphatic carbocycles. The SMILES string of the molecule is O=C(c1cc(C2CC2)on1)N1CCn2c(-c3cccs3)cnc2C1. The number of aromatic nitrogens is 3. The summed E-state index contributed by atoms with van der Waals surface area (Å²) < 4.78 is 7.51. The van der Waals surface area contributed by atoms with Crippen LogP contribution in [0.3, 0.4) is 0 Å². The standard InChI is InChI=1S/C17H16N4O2S/c22-17(12-8-14(23-19-12)11-3-4-11)20-5-6-21-13(9-18-16(21)10-20)15-2-1-7-24-15/h1-2,7-9,11H,3-6,10H2. The summed E-state index contributed by atoms with van der Waals surface area (Å²) >= 11 is 1.70. The summed E-state index contributed by atoms with van der Waals surface area (Å²) in [6, 6.07) is 5.94. The van der Waals surface area contributed by atoms with Crippen molar-refractivity contribution in [2.24, 2.45) is 0 Å². The number of hydrogen-bond donors (Lipinski definition) is 0. The van der Waals surface area contributed by atoms with E-state index in [1.807, 2.05) is 12.3 Å². The van der Waals surface area contributed by atoms with Gasteiger partial charge in [-0.25, -0.2) is 4.98 Å². The van der Waals surface area contributed by atoms with Crippen LogP contribution in [-0.4, -0.2) is 32.1 Å². The van der Waals surface area contributed by atoms with E-state index in [2.05, 4.69) is 26.2 Å². The van der Waals surface area contributed by atoms with Gasteiger partial charge in [-0.3, -0.25) is 4.79 Å². The Hall–Kier alpha value is -2.41. The molecule has 5 rings (SSSR count). The third kappa shape index (κ3) is 2.27. The van der Waals surface area contributed by atoms with Crippen molar-refractivity contribution in [3.63, 3.8) is 0 Å². The molecule has 0 bridgehead atoms. The van der Waals surface area contributed by atoms with E-state index in [0.29, 0.717) is 24.7 Å². The van der Waals surface area contributed by atoms with Crippen molar-refractivity contribution in [2.45, 2.75) is 31.8 Å². The van der Waals surface area contributed by atoms with Crippen molar-refractivity contribution < 1.29 is 9.32 Å². The van der Waals surface area contributed by atoms with Gasteiger partial charge in [-0.05, 0) is 24.3 Å². The van der Waals surface area contributed by atoms with Gasteiger partial charge in [-0.15, -0.1) is 11.3 Å². The van der Waals surface area contributed by atoms with Gasteiger partial charge >= 0.3 is 0 Å². The van der Waals surface area contributed by atoms with E-state index >= 15 is 0 Å². The lowest BCUT2D eigenvalue weighted by atomic mass is 10.2. The van der Waals surface area contributed by atoms with E-state index in [9.17, 15) is 4.79 Å². The van der Waals surface area contributed by atoms with Crippen LogP contribution < -0.4 is 0 Å². The Bertz CT molecular complexity index is 892. The highest BCUT2D eigenvalue weighted by atomic mass is 32.1. The number of rotatable bonds is 3. The number of carbonyl (C=O) groups is 1. The molecule has 6 nitrogen and oxygen atoms in total. The number of thiophene rings is 1. The summed E-state index contributed by atoms with van der Waals surface area (Å²) in [5, 5.41) is 6.03. The van der Waals surface area contributed by atoms with Gasteiger partial charge in [0.1, 0.15) is 11.6 Å². The largest absolute Gasteiger partial charge is 0.360 e. The molecule has 0 N–H and O–H groups in total. The van der Waals surface area contributed by atoms with Crippen LogP contribution in [0.1, 0.15) is 40.8 Å². The average molecular weight is 340 g/mol. The van der Waals surface area contributed by atoms with Gasteiger partial charge in [0.15, 0.2) is 5.69 Å². The summed E-state index contributed by atoms with van der Waals surface area (Å²) in [7, 11) is 0. The molecule has 122 valence electrons. The van der Waals surface area contributed by atoms with Gasteiger partial charge in [0.2, 0.25) is 0 Å². The maximum absolute atomic E-state index is 12.7. The fraction of sp³-hybridized carbons (Fsp3) is 0.353. The van der Waals surface area contributed by atoms with Crippen molar-refractivity contribution >= 4 is 17.2 Å². The predicted octanol–water partition coefficient (Wildman–Crippen LogP) is 3.13. The molecular formula is C17H16N4O2S. The van der Waals surface area contributed by atoms with Crippen LogP contribution in [0.5, 0.6) is 0 Å². The van der Waals surface area contributed by atoms with Gasteiger partial charge in [-0.2, -0.15) is 0 Å². The molecule has 4 heterocycles. The maximum Gasteiger partial charge on any atom is 0.276 e. The second-order valence-electron chi connectivity index (χ2n) is 6.30. The quantitative estimate of drug-likeness (QED) is 0.735. The van der Waals surface area contributed by atoms with E-state index in [1.54, 1.807) is 22.3 Å². The number of hydrogen-bond acceptors (Lipinski definition) is 5. The first-order valence-corrected chi connectivity index (χ1v) is 9.02. The zero-order valence-electron chi connectivity index (χ0n) is 13.0. The zero-order valence-corrected chi connectivity index (χ0v) is 13.8. The summed E-state index contributed by atoms with van der Waals surface area (Å²) in [4.78, 5) is 20.2. The van der Waals surface area contributed by atoms with Crippen molar-refractivity contribution in [1.82, 2.24) is 19.6 Å². The smallest absolute Gasteiger partial charge is 0.276 e. The minimum atomic E-state index is -0.0717. The lowest BCUT2D eigenvalue weighted by molar-refractivity contribution is 0.0697. The van der Waals surface area contributed by atoms with Gasteiger partial charge in [0.25, 0.3) is 5.91 Å². The fourth-order valence-corrected chi connectivity index (χ4v) is 3.91. The third-order valence-electron chi connectivity index (χ3n) is 4.65. The van der Waals surface area contributed by atoms with Crippen LogP contribution in [0.2, 0.25) is 0 Å². The minimum absolute atomic E-state index is 0.0717.